The highest BCUT2D eigenvalue weighted by molar-refractivity contribution is 7.55. The zero-order valence-electron chi connectivity index (χ0n) is 21.7. The minimum Gasteiger partial charge on any atom is -0.477 e. The molecule has 1 aliphatic rings. The number of fused-ring (bicyclic) bond motifs is 1. The quantitative estimate of drug-likeness (QED) is 0.227. The van der Waals surface area contributed by atoms with Crippen molar-refractivity contribution in [2.24, 2.45) is 5.92 Å². The molecule has 37 heavy (non-hydrogen) atoms. The van der Waals surface area contributed by atoms with Crippen molar-refractivity contribution in [3.8, 4) is 21.8 Å². The van der Waals surface area contributed by atoms with Gasteiger partial charge in [-0.25, -0.2) is 4.79 Å². The molecule has 0 amide bonds. The molecule has 1 saturated carbocycles. The minimum atomic E-state index is -0.959. The lowest BCUT2D eigenvalue weighted by Gasteiger charge is -2.41. The zero-order chi connectivity index (χ0) is 26.1. The van der Waals surface area contributed by atoms with Gasteiger partial charge in [-0.05, 0) is 69.2 Å². The molecule has 0 radical (unpaired) electrons. The summed E-state index contributed by atoms with van der Waals surface area (Å²) in [6.45, 7) is 6.56. The molecule has 1 unspecified atom stereocenters. The van der Waals surface area contributed by atoms with Gasteiger partial charge < -0.3 is 18.7 Å². The van der Waals surface area contributed by atoms with Gasteiger partial charge in [-0.1, -0.05) is 31.2 Å². The molecule has 1 N–H and O–H groups in total. The fourth-order valence-corrected chi connectivity index (χ4v) is 8.60. The summed E-state index contributed by atoms with van der Waals surface area (Å²) in [6, 6.07) is 15.9. The lowest BCUT2D eigenvalue weighted by molar-refractivity contribution is 0.0703. The third-order valence-electron chi connectivity index (χ3n) is 7.08. The van der Waals surface area contributed by atoms with E-state index in [1.807, 2.05) is 48.5 Å². The van der Waals surface area contributed by atoms with Crippen molar-refractivity contribution in [3.05, 3.63) is 59.6 Å². The Kier molecular flexibility index (Phi) is 7.66. The molecular formula is C29H33N2O4PS. The number of rotatable bonds is 8. The van der Waals surface area contributed by atoms with Gasteiger partial charge in [-0.3, -0.25) is 4.98 Å². The summed E-state index contributed by atoms with van der Waals surface area (Å²) in [5.41, 5.74) is 4.73. The van der Waals surface area contributed by atoms with Gasteiger partial charge in [0.05, 0.1) is 5.69 Å². The van der Waals surface area contributed by atoms with Crippen molar-refractivity contribution in [1.29, 1.82) is 0 Å². The van der Waals surface area contributed by atoms with Gasteiger partial charge in [0, 0.05) is 41.5 Å². The van der Waals surface area contributed by atoms with E-state index in [0.717, 1.165) is 57.3 Å². The summed E-state index contributed by atoms with van der Waals surface area (Å²) in [6.07, 6.45) is 6.41. The fourth-order valence-electron chi connectivity index (χ4n) is 5.15. The maximum absolute atomic E-state index is 12.4. The fraction of sp³-hybridized carbons (Fsp3) is 0.379. The normalized spacial score (nSPS) is 18.8. The number of benzene rings is 1. The topological polar surface area (TPSA) is 75.8 Å². The molecule has 194 valence electrons. The van der Waals surface area contributed by atoms with Crippen LogP contribution in [0.15, 0.2) is 59.1 Å². The number of hydrogen-bond donors (Lipinski definition) is 1. The van der Waals surface area contributed by atoms with Crippen LogP contribution < -0.4 is 4.67 Å². The van der Waals surface area contributed by atoms with E-state index in [2.05, 4.69) is 30.4 Å². The Morgan fingerprint density at radius 1 is 1.14 bits per heavy atom. The van der Waals surface area contributed by atoms with Crippen LogP contribution in [0.3, 0.4) is 0 Å². The second-order valence-corrected chi connectivity index (χ2v) is 13.2. The van der Waals surface area contributed by atoms with Gasteiger partial charge in [0.15, 0.2) is 5.58 Å². The molecule has 3 heterocycles. The van der Waals surface area contributed by atoms with Crippen LogP contribution in [0.1, 0.15) is 56.1 Å². The van der Waals surface area contributed by atoms with Crippen molar-refractivity contribution < 1.29 is 18.8 Å². The van der Waals surface area contributed by atoms with Crippen LogP contribution >= 0.6 is 19.6 Å². The number of nitrogens with zero attached hydrogens (tertiary/aromatic N) is 2. The van der Waals surface area contributed by atoms with Gasteiger partial charge >= 0.3 is 5.97 Å². The number of carboxylic acid groups (broad SMARTS) is 1. The lowest BCUT2D eigenvalue weighted by atomic mass is 9.91. The van der Waals surface area contributed by atoms with Crippen LogP contribution in [0.5, 0.6) is 0 Å². The highest BCUT2D eigenvalue weighted by Gasteiger charge is 2.35. The number of thiophene rings is 1. The van der Waals surface area contributed by atoms with E-state index in [9.17, 15) is 9.90 Å². The first-order valence-corrected chi connectivity index (χ1v) is 14.9. The van der Waals surface area contributed by atoms with Crippen LogP contribution in [-0.2, 0) is 4.52 Å². The van der Waals surface area contributed by atoms with E-state index in [4.69, 9.17) is 8.94 Å². The van der Waals surface area contributed by atoms with Gasteiger partial charge in [0.2, 0.25) is 0 Å². The summed E-state index contributed by atoms with van der Waals surface area (Å²) in [5, 5.41) is 10.1. The summed E-state index contributed by atoms with van der Waals surface area (Å²) < 4.78 is 14.3. The molecule has 1 atom stereocenters. The molecule has 0 spiro atoms. The minimum absolute atomic E-state index is 0.120. The van der Waals surface area contributed by atoms with Gasteiger partial charge in [-0.15, -0.1) is 11.3 Å². The third kappa shape index (κ3) is 5.31. The molecular weight excluding hydrogens is 503 g/mol. The number of pyridine rings is 1. The Bertz CT molecular complexity index is 1340. The van der Waals surface area contributed by atoms with E-state index in [1.165, 1.54) is 24.2 Å². The summed E-state index contributed by atoms with van der Waals surface area (Å²) in [5.74, 6) is 0.613. The maximum Gasteiger partial charge on any atom is 0.348 e. The van der Waals surface area contributed by atoms with Gasteiger partial charge in [-0.2, -0.15) is 0 Å². The van der Waals surface area contributed by atoms with Crippen molar-refractivity contribution in [1.82, 2.24) is 4.98 Å². The predicted octanol–water partition coefficient (Wildman–Crippen LogP) is 8.67. The monoisotopic (exact) mass is 536 g/mol. The number of hydrogen-bond acceptors (Lipinski definition) is 6. The second kappa shape index (κ2) is 10.9. The summed E-state index contributed by atoms with van der Waals surface area (Å²) in [7, 11) is 0.818. The van der Waals surface area contributed by atoms with Crippen molar-refractivity contribution in [2.45, 2.75) is 58.2 Å². The Hall–Kier alpha value is -2.73. The summed E-state index contributed by atoms with van der Waals surface area (Å²) in [4.78, 5) is 18.0. The summed E-state index contributed by atoms with van der Waals surface area (Å²) >= 11 is 1.33. The number of furan rings is 1. The average molecular weight is 537 g/mol. The van der Waals surface area contributed by atoms with Gasteiger partial charge in [0.1, 0.15) is 24.5 Å². The number of carbonyl (C=O) groups is 1. The van der Waals surface area contributed by atoms with E-state index in [0.29, 0.717) is 10.5 Å². The van der Waals surface area contributed by atoms with E-state index >= 15 is 0 Å². The standard InChI is InChI=1S/C29H33N2O4PS/c1-18(2)31(36(34-4)22-13-7-19(3)8-14-22)24-17-27(37-28(24)29(32)33)21-11-9-20(10-12-21)26-16-23-25(35-26)6-5-15-30-23/h5-6,9-12,15-19,22H,7-8,13-14H2,1-4H3,(H,32,33). The smallest absolute Gasteiger partial charge is 0.348 e. The molecule has 8 heteroatoms. The van der Waals surface area contributed by atoms with Crippen LogP contribution in [-0.4, -0.2) is 34.9 Å². The third-order valence-corrected chi connectivity index (χ3v) is 10.9. The molecule has 5 rings (SSSR count). The molecule has 1 aliphatic carbocycles. The predicted molar refractivity (Wildman–Crippen MR) is 153 cm³/mol. The van der Waals surface area contributed by atoms with E-state index < -0.39 is 14.3 Å². The highest BCUT2D eigenvalue weighted by atomic mass is 32.1. The van der Waals surface area contributed by atoms with Crippen LogP contribution in [0, 0.1) is 5.92 Å². The maximum atomic E-state index is 12.4. The first-order valence-electron chi connectivity index (χ1n) is 12.8. The van der Waals surface area contributed by atoms with E-state index in [-0.39, 0.29) is 6.04 Å². The second-order valence-electron chi connectivity index (χ2n) is 10.0. The highest BCUT2D eigenvalue weighted by Crippen LogP contribution is 2.56. The Morgan fingerprint density at radius 2 is 1.84 bits per heavy atom. The number of anilines is 1. The largest absolute Gasteiger partial charge is 0.477 e. The van der Waals surface area contributed by atoms with Crippen LogP contribution in [0.25, 0.3) is 32.9 Å². The first kappa shape index (κ1) is 25.9. The van der Waals surface area contributed by atoms with Crippen molar-refractivity contribution in [3.63, 3.8) is 0 Å². The van der Waals surface area contributed by atoms with Crippen LogP contribution in [0.4, 0.5) is 5.69 Å². The molecule has 6 nitrogen and oxygen atoms in total. The average Bonchev–Trinajstić information content (AvgIpc) is 3.53. The van der Waals surface area contributed by atoms with Gasteiger partial charge in [0.25, 0.3) is 0 Å². The SMILES string of the molecule is COP(C1CCC(C)CC1)N(c1cc(-c2ccc(-c3cc4ncccc4o3)cc2)sc1C(=O)O)C(C)C. The van der Waals surface area contributed by atoms with Crippen molar-refractivity contribution in [2.75, 3.05) is 11.8 Å². The Balaban J connectivity index is 1.47. The van der Waals surface area contributed by atoms with Crippen molar-refractivity contribution >= 4 is 42.4 Å². The number of aromatic carboxylic acids is 1. The molecule has 0 saturated heterocycles. The molecule has 3 aromatic heterocycles. The number of carboxylic acids is 1. The molecule has 0 aliphatic heterocycles. The molecule has 0 bridgehead atoms. The van der Waals surface area contributed by atoms with Crippen LogP contribution in [0.2, 0.25) is 0 Å². The van der Waals surface area contributed by atoms with E-state index in [1.54, 1.807) is 13.3 Å². The first-order chi connectivity index (χ1) is 17.9. The zero-order valence-corrected chi connectivity index (χ0v) is 23.4. The Labute approximate surface area is 223 Å². The molecule has 4 aromatic rings. The Morgan fingerprint density at radius 3 is 2.46 bits per heavy atom. The number of aromatic nitrogens is 1. The molecule has 1 aromatic carbocycles. The molecule has 1 fully saturated rings. The lowest BCUT2D eigenvalue weighted by Crippen LogP contribution is -2.32.